The highest BCUT2D eigenvalue weighted by molar-refractivity contribution is 5.98. The molecule has 0 heterocycles. The van der Waals surface area contributed by atoms with E-state index in [0.29, 0.717) is 136 Å². The number of benzene rings is 7. The van der Waals surface area contributed by atoms with Crippen LogP contribution < -0.4 is 98.2 Å². The molecule has 0 radical (unpaired) electrons. The van der Waals surface area contributed by atoms with Gasteiger partial charge in [-0.05, 0) is 123 Å². The molecule has 0 saturated carbocycles. The molecule has 14 N–H and O–H groups in total. The maximum Gasteiger partial charge on any atom is 0.338 e. The summed E-state index contributed by atoms with van der Waals surface area (Å²) in [6, 6.07) is 32.9. The quantitative estimate of drug-likeness (QED) is 0.0138. The summed E-state index contributed by atoms with van der Waals surface area (Å²) in [6.45, 7) is 2.57. The Morgan fingerprint density at radius 2 is 0.305 bits per heavy atom. The second-order valence-electron chi connectivity index (χ2n) is 28.5. The minimum Gasteiger partial charge on any atom is -0.493 e. The van der Waals surface area contributed by atoms with Crippen molar-refractivity contribution in [2.75, 3.05) is 192 Å². The number of esters is 1. The fourth-order valence-corrected chi connectivity index (χ4v) is 11.6. The molecule has 36 nitrogen and oxygen atoms in total. The van der Waals surface area contributed by atoms with Crippen molar-refractivity contribution in [2.45, 2.75) is 89.9 Å². The summed E-state index contributed by atoms with van der Waals surface area (Å²) in [5.41, 5.74) is 1.55. The van der Waals surface area contributed by atoms with E-state index >= 15 is 0 Å². The van der Waals surface area contributed by atoms with Gasteiger partial charge in [-0.1, -0.05) is 0 Å². The van der Waals surface area contributed by atoms with Crippen molar-refractivity contribution in [3.8, 4) is 80.5 Å². The van der Waals surface area contributed by atoms with Crippen molar-refractivity contribution in [3.63, 3.8) is 0 Å². The number of aliphatic hydroxyl groups excluding tert-OH is 8. The van der Waals surface area contributed by atoms with Crippen molar-refractivity contribution in [1.82, 2.24) is 31.9 Å². The molecular formula is C92H122N6O30. The van der Waals surface area contributed by atoms with E-state index in [0.717, 1.165) is 0 Å². The maximum absolute atomic E-state index is 14.0. The van der Waals surface area contributed by atoms with E-state index in [2.05, 4.69) is 31.9 Å². The Kier molecular flexibility index (Phi) is 49.1. The second-order valence-corrected chi connectivity index (χ2v) is 28.5. The van der Waals surface area contributed by atoms with Gasteiger partial charge in [-0.2, -0.15) is 0 Å². The highest BCUT2D eigenvalue weighted by Crippen LogP contribution is 2.31. The monoisotopic (exact) mass is 1790 g/mol. The van der Waals surface area contributed by atoms with Gasteiger partial charge in [0.25, 0.3) is 35.4 Å². The van der Waals surface area contributed by atoms with Gasteiger partial charge in [-0.15, -0.1) is 0 Å². The number of carbonyl (C=O) groups excluding carboxylic acids is 7. The molecule has 0 aliphatic rings. The smallest absolute Gasteiger partial charge is 0.338 e. The zero-order valence-electron chi connectivity index (χ0n) is 72.4. The number of methoxy groups -OCH3 is 1. The van der Waals surface area contributed by atoms with Gasteiger partial charge in [0.15, 0.2) is 0 Å². The molecule has 700 valence electrons. The van der Waals surface area contributed by atoms with Gasteiger partial charge in [-0.25, -0.2) is 4.79 Å². The van der Waals surface area contributed by atoms with Crippen LogP contribution in [0.1, 0.15) is 162 Å². The van der Waals surface area contributed by atoms with Crippen LogP contribution in [0, 0.1) is 0 Å². The predicted molar refractivity (Wildman–Crippen MR) is 469 cm³/mol. The number of rotatable bonds is 69. The van der Waals surface area contributed by atoms with Crippen LogP contribution in [-0.4, -0.2) is 274 Å². The molecule has 0 aromatic heterocycles. The predicted octanol–water partition coefficient (Wildman–Crippen LogP) is 6.76. The zero-order valence-corrected chi connectivity index (χ0v) is 72.4. The lowest BCUT2D eigenvalue weighted by molar-refractivity contribution is 0.0598. The molecule has 0 atom stereocenters. The SMILES string of the molecule is COC(=O)c1cc(OCCCNC(=O)c2cc(OCCCNC(=O)c3cc(OCCCO)cc(OCCCO)c3)cc(OCCCNC(=O)c3cc(OCCCO)cc(OCCCO)c3)c2)cc(OCCCNC(=O)c2cc(OCCCNC(=O)c3cc(OCCCO)cc(OCCCO)c3)cc(OCCCNC(=O)c3cc(OCCCO)cc(OCCCO)c3)c2)c1. The Morgan fingerprint density at radius 3 is 0.422 bits per heavy atom. The summed E-state index contributed by atoms with van der Waals surface area (Å²) in [7, 11) is 1.23. The van der Waals surface area contributed by atoms with Crippen molar-refractivity contribution in [3.05, 3.63) is 166 Å². The molecule has 0 aliphatic heterocycles. The average Bonchev–Trinajstić information content (AvgIpc) is 0.871. The Labute approximate surface area is 744 Å². The second kappa shape index (κ2) is 61.2. The molecule has 7 aromatic carbocycles. The third-order valence-corrected chi connectivity index (χ3v) is 18.0. The first-order valence-corrected chi connectivity index (χ1v) is 43.0. The molecular weight excluding hydrogens is 1670 g/mol. The first-order valence-electron chi connectivity index (χ1n) is 43.0. The van der Waals surface area contributed by atoms with Crippen LogP contribution in [0.2, 0.25) is 0 Å². The third kappa shape index (κ3) is 40.1. The zero-order chi connectivity index (χ0) is 91.6. The Hall–Kier alpha value is -12.3. The molecule has 6 amide bonds. The van der Waals surface area contributed by atoms with E-state index in [-0.39, 0.29) is 258 Å². The molecule has 0 saturated heterocycles. The highest BCUT2D eigenvalue weighted by Gasteiger charge is 2.20. The summed E-state index contributed by atoms with van der Waals surface area (Å²) in [5, 5.41) is 91.5. The molecule has 36 heteroatoms. The molecule has 128 heavy (non-hydrogen) atoms. The van der Waals surface area contributed by atoms with Crippen LogP contribution in [0.4, 0.5) is 0 Å². The number of aliphatic hydroxyl groups is 8. The van der Waals surface area contributed by atoms with E-state index in [9.17, 15) is 74.4 Å². The standard InChI is InChI=1S/C92H122N6O30/c1-114-92(113)71-56-84(119-34-6-20-97-86(107)65-44-72(115-30-2-16-93-88(109)67-48-76(121-36-8-22-99)60-77(49-67)122-37-9-23-100)58-73(45-65)116-31-3-17-94-89(110)68-50-78(123-38-10-24-101)61-79(51-68)124-39-11-25-102)64-85(57-71)120-35-7-21-98-87(108)66-46-74(117-32-4-18-95-90(111)69-52-80(125-40-12-26-103)62-81(53-69)126-41-13-27-104)59-75(47-66)118-33-5-19-96-91(112)70-54-82(127-42-14-28-105)63-83(55-70)128-43-15-29-106/h44-64,99-106H,2-43H2,1H3,(H,93,109)(H,94,110)(H,95,111)(H,96,112)(H,97,107)(H,98,108). The van der Waals surface area contributed by atoms with E-state index in [1.165, 1.54) is 19.2 Å². The van der Waals surface area contributed by atoms with Gasteiger partial charge < -0.3 is 144 Å². The summed E-state index contributed by atoms with van der Waals surface area (Å²) in [4.78, 5) is 94.5. The van der Waals surface area contributed by atoms with Crippen LogP contribution in [0.5, 0.6) is 80.5 Å². The summed E-state index contributed by atoms with van der Waals surface area (Å²) < 4.78 is 87.7. The molecule has 0 unspecified atom stereocenters. The lowest BCUT2D eigenvalue weighted by Crippen LogP contribution is -2.26. The largest absolute Gasteiger partial charge is 0.493 e. The maximum atomic E-state index is 14.0. The molecule has 7 rings (SSSR count). The van der Waals surface area contributed by atoms with Gasteiger partial charge in [0, 0.05) is 219 Å². The Balaban J connectivity index is 0.948. The first-order chi connectivity index (χ1) is 62.5. The molecule has 0 aliphatic carbocycles. The minimum atomic E-state index is -0.667. The van der Waals surface area contributed by atoms with Crippen molar-refractivity contribution in [1.29, 1.82) is 0 Å². The van der Waals surface area contributed by atoms with Gasteiger partial charge in [0.2, 0.25) is 0 Å². The van der Waals surface area contributed by atoms with Crippen molar-refractivity contribution < 1.29 is 145 Å². The number of amides is 6. The fourth-order valence-electron chi connectivity index (χ4n) is 11.6. The van der Waals surface area contributed by atoms with Gasteiger partial charge in [0.1, 0.15) is 80.5 Å². The highest BCUT2D eigenvalue weighted by atomic mass is 16.5. The van der Waals surface area contributed by atoms with E-state index < -0.39 is 41.4 Å². The number of hydrogen-bond acceptors (Lipinski definition) is 30. The third-order valence-electron chi connectivity index (χ3n) is 18.0. The first kappa shape index (κ1) is 103. The Morgan fingerprint density at radius 1 is 0.188 bits per heavy atom. The van der Waals surface area contributed by atoms with E-state index in [1.807, 2.05) is 0 Å². The normalized spacial score (nSPS) is 10.8. The lowest BCUT2D eigenvalue weighted by Gasteiger charge is -2.14. The molecule has 0 bridgehead atoms. The minimum absolute atomic E-state index is 0.0696. The molecule has 7 aromatic rings. The van der Waals surface area contributed by atoms with Gasteiger partial charge in [-0.3, -0.25) is 28.8 Å². The number of carbonyl (C=O) groups is 7. The average molecular weight is 1790 g/mol. The number of nitrogens with one attached hydrogen (secondary N) is 6. The number of ether oxygens (including phenoxy) is 15. The van der Waals surface area contributed by atoms with Crippen LogP contribution in [0.3, 0.4) is 0 Å². The van der Waals surface area contributed by atoms with Crippen LogP contribution in [0.15, 0.2) is 127 Å². The van der Waals surface area contributed by atoms with Crippen molar-refractivity contribution >= 4 is 41.4 Å². The molecule has 0 fully saturated rings. The summed E-state index contributed by atoms with van der Waals surface area (Å²) in [6.07, 6.45) is 4.94. The van der Waals surface area contributed by atoms with E-state index in [1.54, 1.807) is 115 Å². The lowest BCUT2D eigenvalue weighted by atomic mass is 10.1. The fraction of sp³-hybridized carbons (Fsp3) is 0.467. The van der Waals surface area contributed by atoms with Crippen LogP contribution in [-0.2, 0) is 4.74 Å². The molecule has 0 spiro atoms. The Bertz CT molecular complexity index is 3900. The van der Waals surface area contributed by atoms with Crippen LogP contribution in [0.25, 0.3) is 0 Å². The van der Waals surface area contributed by atoms with E-state index in [4.69, 9.17) is 71.1 Å². The van der Waals surface area contributed by atoms with Crippen LogP contribution >= 0.6 is 0 Å². The topological polar surface area (TPSA) is 492 Å². The summed E-state index contributed by atoms with van der Waals surface area (Å²) >= 11 is 0. The van der Waals surface area contributed by atoms with Crippen molar-refractivity contribution in [2.24, 2.45) is 0 Å². The summed E-state index contributed by atoms with van der Waals surface area (Å²) in [5.74, 6) is 1.26. The number of hydrogen-bond donors (Lipinski definition) is 14. The van der Waals surface area contributed by atoms with Gasteiger partial charge in [0.05, 0.1) is 105 Å². The van der Waals surface area contributed by atoms with Gasteiger partial charge >= 0.3 is 5.97 Å².